The molecule has 0 atom stereocenters. The van der Waals surface area contributed by atoms with E-state index in [9.17, 15) is 4.79 Å². The SMILES string of the molecule is CCOc1ccc(C(=O)N2CCC(CCNC)CC2)cc1OC.Cl. The summed E-state index contributed by atoms with van der Waals surface area (Å²) in [6, 6.07) is 5.42. The molecule has 1 aromatic rings. The highest BCUT2D eigenvalue weighted by Crippen LogP contribution is 2.29. The van der Waals surface area contributed by atoms with Crippen LogP contribution in [-0.4, -0.2) is 51.2 Å². The molecule has 1 amide bonds. The first-order chi connectivity index (χ1) is 11.2. The molecule has 1 saturated heterocycles. The lowest BCUT2D eigenvalue weighted by atomic mass is 9.93. The van der Waals surface area contributed by atoms with E-state index >= 15 is 0 Å². The first-order valence-corrected chi connectivity index (χ1v) is 8.44. The molecular formula is C18H29ClN2O3. The maximum absolute atomic E-state index is 12.7. The number of nitrogens with one attached hydrogen (secondary N) is 1. The van der Waals surface area contributed by atoms with E-state index in [0.29, 0.717) is 23.7 Å². The van der Waals surface area contributed by atoms with E-state index in [-0.39, 0.29) is 18.3 Å². The molecule has 5 nitrogen and oxygen atoms in total. The highest BCUT2D eigenvalue weighted by Gasteiger charge is 2.24. The first-order valence-electron chi connectivity index (χ1n) is 8.44. The summed E-state index contributed by atoms with van der Waals surface area (Å²) in [7, 11) is 3.58. The summed E-state index contributed by atoms with van der Waals surface area (Å²) in [6.45, 7) is 5.22. The number of likely N-dealkylation sites (tertiary alicyclic amines) is 1. The van der Waals surface area contributed by atoms with Crippen molar-refractivity contribution in [3.05, 3.63) is 23.8 Å². The van der Waals surface area contributed by atoms with Gasteiger partial charge in [0.15, 0.2) is 11.5 Å². The van der Waals surface area contributed by atoms with Crippen LogP contribution in [0.4, 0.5) is 0 Å². The normalized spacial score (nSPS) is 14.9. The van der Waals surface area contributed by atoms with E-state index in [1.165, 1.54) is 6.42 Å². The van der Waals surface area contributed by atoms with Gasteiger partial charge in [0, 0.05) is 18.7 Å². The van der Waals surface area contributed by atoms with Gasteiger partial charge in [-0.05, 0) is 63.9 Å². The predicted molar refractivity (Wildman–Crippen MR) is 98.6 cm³/mol. The Labute approximate surface area is 151 Å². The van der Waals surface area contributed by atoms with Crippen LogP contribution in [0.3, 0.4) is 0 Å². The minimum atomic E-state index is 0. The lowest BCUT2D eigenvalue weighted by molar-refractivity contribution is 0.0686. The molecule has 136 valence electrons. The smallest absolute Gasteiger partial charge is 0.253 e. The van der Waals surface area contributed by atoms with Gasteiger partial charge < -0.3 is 19.7 Å². The standard InChI is InChI=1S/C18H28N2O3.ClH/c1-4-23-16-6-5-15(13-17(16)22-3)18(21)20-11-8-14(9-12-20)7-10-19-2;/h5-6,13-14,19H,4,7-12H2,1-3H3;1H. The fourth-order valence-corrected chi connectivity index (χ4v) is 3.03. The van der Waals surface area contributed by atoms with Crippen LogP contribution in [0.1, 0.15) is 36.5 Å². The third-order valence-corrected chi connectivity index (χ3v) is 4.41. The maximum atomic E-state index is 12.7. The number of hydrogen-bond acceptors (Lipinski definition) is 4. The molecule has 1 fully saturated rings. The maximum Gasteiger partial charge on any atom is 0.253 e. The lowest BCUT2D eigenvalue weighted by Crippen LogP contribution is -2.39. The molecule has 1 N–H and O–H groups in total. The predicted octanol–water partition coefficient (Wildman–Crippen LogP) is 2.98. The van der Waals surface area contributed by atoms with Crippen LogP contribution in [0.25, 0.3) is 0 Å². The Morgan fingerprint density at radius 3 is 2.58 bits per heavy atom. The molecular weight excluding hydrogens is 328 g/mol. The number of ether oxygens (including phenoxy) is 2. The summed E-state index contributed by atoms with van der Waals surface area (Å²) < 4.78 is 10.8. The molecule has 0 unspecified atom stereocenters. The molecule has 0 radical (unpaired) electrons. The first kappa shape index (κ1) is 20.6. The Morgan fingerprint density at radius 2 is 2.00 bits per heavy atom. The summed E-state index contributed by atoms with van der Waals surface area (Å²) in [6.07, 6.45) is 3.36. The summed E-state index contributed by atoms with van der Waals surface area (Å²) in [5.41, 5.74) is 0.666. The molecule has 1 aromatic carbocycles. The van der Waals surface area contributed by atoms with Crippen LogP contribution in [0.5, 0.6) is 11.5 Å². The number of amides is 1. The highest BCUT2D eigenvalue weighted by atomic mass is 35.5. The molecule has 6 heteroatoms. The van der Waals surface area contributed by atoms with Crippen LogP contribution < -0.4 is 14.8 Å². The van der Waals surface area contributed by atoms with E-state index in [4.69, 9.17) is 9.47 Å². The number of carbonyl (C=O) groups excluding carboxylic acids is 1. The summed E-state index contributed by atoms with van der Waals surface area (Å²) >= 11 is 0. The number of nitrogens with zero attached hydrogens (tertiary/aromatic N) is 1. The third-order valence-electron chi connectivity index (χ3n) is 4.41. The van der Waals surface area contributed by atoms with E-state index in [0.717, 1.165) is 38.4 Å². The second-order valence-electron chi connectivity index (χ2n) is 5.93. The molecule has 1 aliphatic rings. The lowest BCUT2D eigenvalue weighted by Gasteiger charge is -2.32. The van der Waals surface area contributed by atoms with Crippen molar-refractivity contribution in [2.75, 3.05) is 40.4 Å². The number of rotatable bonds is 7. The Balaban J connectivity index is 0.00000288. The Morgan fingerprint density at radius 1 is 1.29 bits per heavy atom. The second-order valence-corrected chi connectivity index (χ2v) is 5.93. The van der Waals surface area contributed by atoms with Gasteiger partial charge in [-0.15, -0.1) is 12.4 Å². The zero-order valence-corrected chi connectivity index (χ0v) is 15.7. The summed E-state index contributed by atoms with van der Waals surface area (Å²) in [4.78, 5) is 14.6. The molecule has 1 aliphatic heterocycles. The largest absolute Gasteiger partial charge is 0.493 e. The van der Waals surface area contributed by atoms with Crippen molar-refractivity contribution >= 4 is 18.3 Å². The van der Waals surface area contributed by atoms with Gasteiger partial charge in [0.05, 0.1) is 13.7 Å². The monoisotopic (exact) mass is 356 g/mol. The van der Waals surface area contributed by atoms with Gasteiger partial charge in [0.2, 0.25) is 0 Å². The number of halogens is 1. The fourth-order valence-electron chi connectivity index (χ4n) is 3.03. The summed E-state index contributed by atoms with van der Waals surface area (Å²) in [5, 5.41) is 3.20. The van der Waals surface area contributed by atoms with Crippen molar-refractivity contribution < 1.29 is 14.3 Å². The molecule has 0 aromatic heterocycles. The van der Waals surface area contributed by atoms with Crippen molar-refractivity contribution in [1.82, 2.24) is 10.2 Å². The van der Waals surface area contributed by atoms with Crippen molar-refractivity contribution in [3.8, 4) is 11.5 Å². The van der Waals surface area contributed by atoms with E-state index < -0.39 is 0 Å². The number of piperidine rings is 1. The zero-order valence-electron chi connectivity index (χ0n) is 14.8. The van der Waals surface area contributed by atoms with Crippen molar-refractivity contribution in [2.24, 2.45) is 5.92 Å². The van der Waals surface area contributed by atoms with Gasteiger partial charge >= 0.3 is 0 Å². The number of methoxy groups -OCH3 is 1. The van der Waals surface area contributed by atoms with Crippen LogP contribution >= 0.6 is 12.4 Å². The van der Waals surface area contributed by atoms with Gasteiger partial charge in [0.1, 0.15) is 0 Å². The highest BCUT2D eigenvalue weighted by molar-refractivity contribution is 5.95. The van der Waals surface area contributed by atoms with E-state index in [2.05, 4.69) is 5.32 Å². The average molecular weight is 357 g/mol. The van der Waals surface area contributed by atoms with Gasteiger partial charge in [-0.25, -0.2) is 0 Å². The van der Waals surface area contributed by atoms with Gasteiger partial charge in [-0.3, -0.25) is 4.79 Å². The van der Waals surface area contributed by atoms with Crippen LogP contribution in [0.2, 0.25) is 0 Å². The molecule has 1 heterocycles. The van der Waals surface area contributed by atoms with Crippen molar-refractivity contribution in [3.63, 3.8) is 0 Å². The topological polar surface area (TPSA) is 50.8 Å². The molecule has 0 spiro atoms. The molecule has 2 rings (SSSR count). The van der Waals surface area contributed by atoms with Gasteiger partial charge in [0.25, 0.3) is 5.91 Å². The Kier molecular flexibility index (Phi) is 8.93. The molecule has 0 bridgehead atoms. The van der Waals surface area contributed by atoms with Crippen LogP contribution in [0, 0.1) is 5.92 Å². The quantitative estimate of drug-likeness (QED) is 0.816. The van der Waals surface area contributed by atoms with Crippen LogP contribution in [-0.2, 0) is 0 Å². The molecule has 0 saturated carbocycles. The number of benzene rings is 1. The third kappa shape index (κ3) is 5.28. The number of hydrogen-bond donors (Lipinski definition) is 1. The Bertz CT molecular complexity index is 517. The number of carbonyl (C=O) groups is 1. The van der Waals surface area contributed by atoms with Crippen LogP contribution in [0.15, 0.2) is 18.2 Å². The van der Waals surface area contributed by atoms with Crippen molar-refractivity contribution in [1.29, 1.82) is 0 Å². The minimum Gasteiger partial charge on any atom is -0.493 e. The van der Waals surface area contributed by atoms with Crippen molar-refractivity contribution in [2.45, 2.75) is 26.2 Å². The summed E-state index contributed by atoms with van der Waals surface area (Å²) in [5.74, 6) is 2.10. The molecule has 24 heavy (non-hydrogen) atoms. The Hall–Kier alpha value is -1.46. The van der Waals surface area contributed by atoms with E-state index in [1.54, 1.807) is 13.2 Å². The van der Waals surface area contributed by atoms with E-state index in [1.807, 2.05) is 31.0 Å². The zero-order chi connectivity index (χ0) is 16.7. The molecule has 0 aliphatic carbocycles. The minimum absolute atomic E-state index is 0. The van der Waals surface area contributed by atoms with Gasteiger partial charge in [-0.1, -0.05) is 0 Å². The second kappa shape index (κ2) is 10.4. The average Bonchev–Trinajstić information content (AvgIpc) is 2.60. The van der Waals surface area contributed by atoms with Gasteiger partial charge in [-0.2, -0.15) is 0 Å². The fraction of sp³-hybridized carbons (Fsp3) is 0.611.